The van der Waals surface area contributed by atoms with Crippen LogP contribution in [0.4, 0.5) is 0 Å². The van der Waals surface area contributed by atoms with Crippen LogP contribution in [0.15, 0.2) is 0 Å². The van der Waals surface area contributed by atoms with Crippen LogP contribution in [-0.2, 0) is 9.53 Å². The van der Waals surface area contributed by atoms with Crippen LogP contribution < -0.4 is 0 Å². The van der Waals surface area contributed by atoms with Crippen LogP contribution in [0.2, 0.25) is 0 Å². The van der Waals surface area contributed by atoms with E-state index in [1.807, 2.05) is 6.92 Å². The van der Waals surface area contributed by atoms with E-state index in [9.17, 15) is 4.79 Å². The minimum Gasteiger partial charge on any atom is -0.458 e. The molecule has 2 heteroatoms. The van der Waals surface area contributed by atoms with Crippen molar-refractivity contribution < 1.29 is 9.53 Å². The largest absolute Gasteiger partial charge is 0.458 e. The smallest absolute Gasteiger partial charge is 0.312 e. The standard InChI is InChI=1S/C21H30O2/c1-5-21(12-15-10-18(21)17-8-6-7-16(15)17)23-19(22)20(4)11-13(2)9-14(20)3/h2-3,13-18H,5-12H2,1,4H3. The van der Waals surface area contributed by atoms with Gasteiger partial charge in [-0.15, -0.1) is 0 Å². The van der Waals surface area contributed by atoms with Gasteiger partial charge < -0.3 is 4.74 Å². The van der Waals surface area contributed by atoms with Crippen molar-refractivity contribution in [3.05, 3.63) is 13.8 Å². The molecule has 8 atom stereocenters. The van der Waals surface area contributed by atoms with Crippen molar-refractivity contribution in [2.75, 3.05) is 0 Å². The number of hydrogen-bond donors (Lipinski definition) is 0. The average Bonchev–Trinajstić information content (AvgIpc) is 3.21. The van der Waals surface area contributed by atoms with Gasteiger partial charge in [0.2, 0.25) is 0 Å². The second-order valence-corrected chi connectivity index (χ2v) is 9.10. The summed E-state index contributed by atoms with van der Waals surface area (Å²) in [5.74, 6) is 2.86. The first kappa shape index (κ1) is 16.0. The van der Waals surface area contributed by atoms with E-state index in [0.717, 1.165) is 37.0 Å². The van der Waals surface area contributed by atoms with Gasteiger partial charge in [-0.05, 0) is 95.3 Å². The molecule has 0 heterocycles. The number of carbonyl (C=O) groups excluding carboxylic acids is 1. The van der Waals surface area contributed by atoms with Crippen LogP contribution >= 0.6 is 0 Å². The molecule has 0 N–H and O–H groups in total. The van der Waals surface area contributed by atoms with E-state index in [0.29, 0.717) is 12.3 Å². The van der Waals surface area contributed by atoms with Crippen LogP contribution in [-0.4, -0.2) is 11.6 Å². The summed E-state index contributed by atoms with van der Waals surface area (Å²) in [4.78, 5) is 13.1. The van der Waals surface area contributed by atoms with Gasteiger partial charge in [0.05, 0.1) is 5.41 Å². The number of rotatable bonds is 3. The number of carbonyl (C=O) groups is 1. The lowest BCUT2D eigenvalue weighted by Crippen LogP contribution is -2.48. The molecule has 0 spiro atoms. The number of esters is 1. The third-order valence-corrected chi connectivity index (χ3v) is 8.01. The van der Waals surface area contributed by atoms with E-state index in [1.165, 1.54) is 25.7 Å². The van der Waals surface area contributed by atoms with Crippen LogP contribution in [0, 0.1) is 54.8 Å². The molecule has 2 bridgehead atoms. The Kier molecular flexibility index (Phi) is 3.63. The Balaban J connectivity index is 1.54. The summed E-state index contributed by atoms with van der Waals surface area (Å²) in [6.07, 6.45) is 8.80. The highest BCUT2D eigenvalue weighted by Crippen LogP contribution is 2.64. The molecule has 0 aromatic heterocycles. The summed E-state index contributed by atoms with van der Waals surface area (Å²) in [6, 6.07) is 0. The zero-order valence-corrected chi connectivity index (χ0v) is 14.6. The molecule has 4 rings (SSSR count). The molecule has 4 radical (unpaired) electrons. The molecule has 0 aromatic rings. The van der Waals surface area contributed by atoms with Gasteiger partial charge in [-0.3, -0.25) is 4.79 Å². The summed E-state index contributed by atoms with van der Waals surface area (Å²) < 4.78 is 6.32. The van der Waals surface area contributed by atoms with Gasteiger partial charge in [0.15, 0.2) is 0 Å². The minimum absolute atomic E-state index is 0.0272. The van der Waals surface area contributed by atoms with E-state index in [2.05, 4.69) is 6.92 Å². The first-order valence-corrected chi connectivity index (χ1v) is 9.64. The molecule has 2 nitrogen and oxygen atoms in total. The van der Waals surface area contributed by atoms with Gasteiger partial charge >= 0.3 is 5.97 Å². The number of fused-ring (bicyclic) bond motifs is 5. The Morgan fingerprint density at radius 2 is 1.91 bits per heavy atom. The summed E-state index contributed by atoms with van der Waals surface area (Å²) >= 11 is 0. The van der Waals surface area contributed by atoms with Crippen molar-refractivity contribution in [2.45, 2.75) is 70.8 Å². The lowest BCUT2D eigenvalue weighted by atomic mass is 9.71. The van der Waals surface area contributed by atoms with Crippen LogP contribution in [0.5, 0.6) is 0 Å². The summed E-state index contributed by atoms with van der Waals surface area (Å²) in [6.45, 7) is 16.5. The van der Waals surface area contributed by atoms with Crippen molar-refractivity contribution in [1.82, 2.24) is 0 Å². The Morgan fingerprint density at radius 3 is 2.57 bits per heavy atom. The lowest BCUT2D eigenvalue weighted by Gasteiger charge is -2.43. The third-order valence-electron chi connectivity index (χ3n) is 8.01. The van der Waals surface area contributed by atoms with E-state index >= 15 is 0 Å². The van der Waals surface area contributed by atoms with E-state index in [4.69, 9.17) is 18.6 Å². The van der Waals surface area contributed by atoms with Crippen molar-refractivity contribution >= 4 is 5.97 Å². The van der Waals surface area contributed by atoms with E-state index in [1.54, 1.807) is 0 Å². The monoisotopic (exact) mass is 314 g/mol. The van der Waals surface area contributed by atoms with Crippen molar-refractivity contribution in [2.24, 2.45) is 40.9 Å². The fourth-order valence-electron chi connectivity index (χ4n) is 6.71. The van der Waals surface area contributed by atoms with Crippen LogP contribution in [0.1, 0.15) is 65.2 Å². The van der Waals surface area contributed by atoms with Gasteiger partial charge in [0.25, 0.3) is 0 Å². The average molecular weight is 314 g/mol. The first-order chi connectivity index (χ1) is 10.9. The topological polar surface area (TPSA) is 26.3 Å². The Labute approximate surface area is 141 Å². The third kappa shape index (κ3) is 2.15. The maximum Gasteiger partial charge on any atom is 0.312 e. The molecular weight excluding hydrogens is 284 g/mol. The predicted molar refractivity (Wildman–Crippen MR) is 89.1 cm³/mol. The molecule has 0 saturated heterocycles. The van der Waals surface area contributed by atoms with Crippen LogP contribution in [0.25, 0.3) is 0 Å². The summed E-state index contributed by atoms with van der Waals surface area (Å²) in [7, 11) is 0. The van der Waals surface area contributed by atoms with Gasteiger partial charge in [0.1, 0.15) is 5.60 Å². The van der Waals surface area contributed by atoms with Crippen molar-refractivity contribution in [3.63, 3.8) is 0 Å². The van der Waals surface area contributed by atoms with Crippen molar-refractivity contribution in [1.29, 1.82) is 0 Å². The van der Waals surface area contributed by atoms with E-state index < -0.39 is 5.41 Å². The molecule has 4 fully saturated rings. The highest BCUT2D eigenvalue weighted by molar-refractivity contribution is 5.78. The molecule has 8 unspecified atom stereocenters. The lowest BCUT2D eigenvalue weighted by molar-refractivity contribution is -0.183. The maximum atomic E-state index is 13.1. The number of ether oxygens (including phenoxy) is 1. The Morgan fingerprint density at radius 1 is 1.17 bits per heavy atom. The molecule has 4 aliphatic rings. The van der Waals surface area contributed by atoms with Gasteiger partial charge in [-0.1, -0.05) is 13.3 Å². The molecular formula is C21H30O2. The van der Waals surface area contributed by atoms with Crippen LogP contribution in [0.3, 0.4) is 0 Å². The van der Waals surface area contributed by atoms with Gasteiger partial charge in [-0.25, -0.2) is 0 Å². The molecule has 23 heavy (non-hydrogen) atoms. The Hall–Kier alpha value is -0.530. The van der Waals surface area contributed by atoms with Gasteiger partial charge in [0, 0.05) is 5.92 Å². The summed E-state index contributed by atoms with van der Waals surface area (Å²) in [5, 5.41) is 0. The second kappa shape index (κ2) is 5.23. The fourth-order valence-corrected chi connectivity index (χ4v) is 6.71. The molecule has 0 aliphatic heterocycles. The molecule has 4 saturated carbocycles. The normalized spacial score (nSPS) is 54.4. The first-order valence-electron chi connectivity index (χ1n) is 9.64. The quantitative estimate of drug-likeness (QED) is 0.712. The molecule has 126 valence electrons. The number of hydrogen-bond acceptors (Lipinski definition) is 2. The van der Waals surface area contributed by atoms with E-state index in [-0.39, 0.29) is 23.4 Å². The van der Waals surface area contributed by atoms with Crippen molar-refractivity contribution in [3.8, 4) is 0 Å². The predicted octanol–water partition coefficient (Wildman–Crippen LogP) is 4.59. The highest BCUT2D eigenvalue weighted by atomic mass is 16.6. The zero-order chi connectivity index (χ0) is 16.4. The molecule has 0 amide bonds. The zero-order valence-electron chi connectivity index (χ0n) is 14.6. The Bertz CT molecular complexity index is 500. The maximum absolute atomic E-state index is 13.1. The highest BCUT2D eigenvalue weighted by Gasteiger charge is 2.63. The molecule has 0 aromatic carbocycles. The minimum atomic E-state index is -0.599. The second-order valence-electron chi connectivity index (χ2n) is 9.10. The SMILES string of the molecule is [CH]C1CC([CH])C(C)(C(=O)OC2(CC)CC3CC2C2CCCC32)C1. The van der Waals surface area contributed by atoms with Gasteiger partial charge in [-0.2, -0.15) is 0 Å². The fraction of sp³-hybridized carbons (Fsp3) is 0.857. The summed E-state index contributed by atoms with van der Waals surface area (Å²) in [5.41, 5.74) is -0.818. The molecule has 4 aliphatic carbocycles.